The van der Waals surface area contributed by atoms with Crippen LogP contribution >= 0.6 is 0 Å². The highest BCUT2D eigenvalue weighted by Crippen LogP contribution is 2.31. The maximum atomic E-state index is 5.14. The first kappa shape index (κ1) is 22.6. The molecule has 0 saturated carbocycles. The molecule has 0 spiro atoms. The molecule has 0 unspecified atom stereocenters. The van der Waals surface area contributed by atoms with E-state index in [-0.39, 0.29) is 0 Å². The molecule has 36 heavy (non-hydrogen) atoms. The standard InChI is InChI=1S/C29H35N7/c1-5-24-20(3)26-13-27-21(4)25(6-2)29(32-27)17-36-12-10-34(19-36)15-23-8-7-22(30-23)14-33-9-11-35(18-33)16-28(24)31-26/h7-13,18-19,30-31H,5-6,14-17H2,1-4H3/q+2/b27-13-. The van der Waals surface area contributed by atoms with Crippen LogP contribution in [0.25, 0.3) is 6.08 Å². The Morgan fingerprint density at radius 2 is 1.56 bits per heavy atom. The average Bonchev–Trinajstić information content (AvgIpc) is 3.67. The maximum Gasteiger partial charge on any atom is 0.244 e. The summed E-state index contributed by atoms with van der Waals surface area (Å²) in [6.45, 7) is 12.2. The number of hydrogen-bond acceptors (Lipinski definition) is 1. The number of aromatic nitrogens is 6. The Morgan fingerprint density at radius 3 is 2.19 bits per heavy atom. The van der Waals surface area contributed by atoms with Gasteiger partial charge in [-0.1, -0.05) is 13.8 Å². The highest BCUT2D eigenvalue weighted by atomic mass is 15.1. The van der Waals surface area contributed by atoms with Gasteiger partial charge in [0.1, 0.15) is 51.0 Å². The molecule has 7 heteroatoms. The predicted molar refractivity (Wildman–Crippen MR) is 141 cm³/mol. The lowest BCUT2D eigenvalue weighted by Crippen LogP contribution is -2.33. The second-order valence-corrected chi connectivity index (χ2v) is 10.0. The Balaban J connectivity index is 1.46. The van der Waals surface area contributed by atoms with Gasteiger partial charge < -0.3 is 9.97 Å². The van der Waals surface area contributed by atoms with Crippen LogP contribution in [0.1, 0.15) is 61.1 Å². The van der Waals surface area contributed by atoms with Crippen LogP contribution in [0, 0.1) is 6.92 Å². The summed E-state index contributed by atoms with van der Waals surface area (Å²) in [4.78, 5) is 12.5. The lowest BCUT2D eigenvalue weighted by Gasteiger charge is -2.03. The number of H-pyrrole nitrogens is 2. The van der Waals surface area contributed by atoms with E-state index >= 15 is 0 Å². The first-order chi connectivity index (χ1) is 17.5. The van der Waals surface area contributed by atoms with Crippen molar-refractivity contribution in [3.8, 4) is 0 Å². The second kappa shape index (κ2) is 8.97. The predicted octanol–water partition coefficient (Wildman–Crippen LogP) is 4.07. The molecule has 10 bridgehead atoms. The Labute approximate surface area is 212 Å². The summed E-state index contributed by atoms with van der Waals surface area (Å²) in [5.74, 6) is 0. The molecule has 0 atom stereocenters. The minimum absolute atomic E-state index is 0.779. The van der Waals surface area contributed by atoms with Crippen molar-refractivity contribution in [2.45, 2.75) is 66.7 Å². The summed E-state index contributed by atoms with van der Waals surface area (Å²) >= 11 is 0. The minimum Gasteiger partial charge on any atom is -0.356 e. The molecule has 0 aliphatic carbocycles. The Bertz CT molecular complexity index is 1530. The smallest absolute Gasteiger partial charge is 0.244 e. The zero-order valence-corrected chi connectivity index (χ0v) is 21.7. The van der Waals surface area contributed by atoms with Crippen molar-refractivity contribution in [3.63, 3.8) is 0 Å². The van der Waals surface area contributed by atoms with E-state index in [9.17, 15) is 0 Å². The lowest BCUT2D eigenvalue weighted by atomic mass is 10.0. The SMILES string of the molecule is CCC1=C(C)/C2=C/c3[nH]c(c(CC)c3C)Cn3cc[n+](c3)Cc3ccc([nH]3)C[n+]3ccn(c3)CC1=N2. The van der Waals surface area contributed by atoms with Gasteiger partial charge in [0.15, 0.2) is 0 Å². The van der Waals surface area contributed by atoms with Gasteiger partial charge in [0.2, 0.25) is 12.7 Å². The Morgan fingerprint density at radius 1 is 0.889 bits per heavy atom. The van der Waals surface area contributed by atoms with Gasteiger partial charge in [0.05, 0.1) is 28.5 Å². The molecule has 0 fully saturated rings. The summed E-state index contributed by atoms with van der Waals surface area (Å²) in [5.41, 5.74) is 12.5. The third-order valence-electron chi connectivity index (χ3n) is 7.61. The monoisotopic (exact) mass is 481 g/mol. The molecular weight excluding hydrogens is 446 g/mol. The van der Waals surface area contributed by atoms with Crippen LogP contribution in [-0.2, 0) is 32.6 Å². The third kappa shape index (κ3) is 4.08. The van der Waals surface area contributed by atoms with Crippen molar-refractivity contribution < 1.29 is 9.13 Å². The third-order valence-corrected chi connectivity index (χ3v) is 7.61. The number of nitrogens with zero attached hydrogens (tertiary/aromatic N) is 5. The number of hydrogen-bond donors (Lipinski definition) is 2. The normalized spacial score (nSPS) is 17.2. The molecule has 0 amide bonds. The Hall–Kier alpha value is -3.87. The van der Waals surface area contributed by atoms with Gasteiger partial charge >= 0.3 is 0 Å². The molecule has 0 aromatic carbocycles. The van der Waals surface area contributed by atoms with Crippen LogP contribution in [0.4, 0.5) is 0 Å². The quantitative estimate of drug-likeness (QED) is 0.406. The maximum absolute atomic E-state index is 5.14. The zero-order valence-electron chi connectivity index (χ0n) is 21.7. The van der Waals surface area contributed by atoms with E-state index < -0.39 is 0 Å². The van der Waals surface area contributed by atoms with Crippen molar-refractivity contribution in [1.82, 2.24) is 19.1 Å². The van der Waals surface area contributed by atoms with Crippen LogP contribution < -0.4 is 9.13 Å². The average molecular weight is 482 g/mol. The highest BCUT2D eigenvalue weighted by Gasteiger charge is 2.23. The molecule has 4 aromatic rings. The van der Waals surface area contributed by atoms with Crippen molar-refractivity contribution in [2.24, 2.45) is 4.99 Å². The summed E-state index contributed by atoms with van der Waals surface area (Å²) < 4.78 is 8.95. The topological polar surface area (TPSA) is 61.6 Å². The van der Waals surface area contributed by atoms with Crippen LogP contribution in [0.3, 0.4) is 0 Å². The van der Waals surface area contributed by atoms with Gasteiger partial charge in [-0.25, -0.2) is 23.3 Å². The Kier molecular flexibility index (Phi) is 5.63. The number of imidazole rings is 2. The first-order valence-electron chi connectivity index (χ1n) is 13.0. The zero-order chi connectivity index (χ0) is 24.8. The van der Waals surface area contributed by atoms with Crippen molar-refractivity contribution in [2.75, 3.05) is 0 Å². The molecule has 4 aromatic heterocycles. The minimum atomic E-state index is 0.779. The first-order valence-corrected chi connectivity index (χ1v) is 13.0. The van der Waals surface area contributed by atoms with Gasteiger partial charge in [0, 0.05) is 5.69 Å². The summed E-state index contributed by atoms with van der Waals surface area (Å²) in [6.07, 6.45) is 17.2. The fraction of sp³-hybridized carbons (Fsp3) is 0.345. The van der Waals surface area contributed by atoms with E-state index in [2.05, 4.69) is 112 Å². The molecule has 2 aliphatic heterocycles. The van der Waals surface area contributed by atoms with E-state index in [1.807, 2.05) is 0 Å². The number of rotatable bonds is 2. The fourth-order valence-electron chi connectivity index (χ4n) is 5.70. The van der Waals surface area contributed by atoms with Crippen molar-refractivity contribution in [1.29, 1.82) is 0 Å². The summed E-state index contributed by atoms with van der Waals surface area (Å²) in [6, 6.07) is 4.38. The molecule has 6 heterocycles. The van der Waals surface area contributed by atoms with E-state index in [4.69, 9.17) is 4.99 Å². The van der Waals surface area contributed by atoms with Gasteiger partial charge in [0.25, 0.3) is 0 Å². The lowest BCUT2D eigenvalue weighted by molar-refractivity contribution is -0.689. The van der Waals surface area contributed by atoms with Crippen LogP contribution in [0.5, 0.6) is 0 Å². The second-order valence-electron chi connectivity index (χ2n) is 10.0. The van der Waals surface area contributed by atoms with Crippen LogP contribution in [-0.4, -0.2) is 24.8 Å². The molecule has 184 valence electrons. The molecule has 2 aliphatic rings. The highest BCUT2D eigenvalue weighted by molar-refractivity contribution is 6.05. The molecule has 0 radical (unpaired) electrons. The number of fused-ring (bicyclic) bond motifs is 9. The molecule has 0 saturated heterocycles. The van der Waals surface area contributed by atoms with E-state index in [0.29, 0.717) is 0 Å². The van der Waals surface area contributed by atoms with Gasteiger partial charge in [-0.2, -0.15) is 0 Å². The molecule has 7 nitrogen and oxygen atoms in total. The summed E-state index contributed by atoms with van der Waals surface area (Å²) in [5, 5.41) is 0. The number of aliphatic imine (C=N–C) groups is 1. The summed E-state index contributed by atoms with van der Waals surface area (Å²) in [7, 11) is 0. The largest absolute Gasteiger partial charge is 0.356 e. The van der Waals surface area contributed by atoms with Crippen molar-refractivity contribution >= 4 is 11.8 Å². The number of aromatic amines is 2. The molecule has 2 N–H and O–H groups in total. The fourth-order valence-corrected chi connectivity index (χ4v) is 5.70. The van der Waals surface area contributed by atoms with E-state index in [0.717, 1.165) is 50.4 Å². The van der Waals surface area contributed by atoms with Gasteiger partial charge in [-0.05, 0) is 67.2 Å². The van der Waals surface area contributed by atoms with Crippen LogP contribution in [0.2, 0.25) is 0 Å². The van der Waals surface area contributed by atoms with Gasteiger partial charge in [-0.15, -0.1) is 0 Å². The number of allylic oxidation sites excluding steroid dienone is 2. The van der Waals surface area contributed by atoms with E-state index in [1.165, 1.54) is 45.0 Å². The van der Waals surface area contributed by atoms with Gasteiger partial charge in [-0.3, -0.25) is 0 Å². The molecule has 6 rings (SSSR count). The number of nitrogens with one attached hydrogen (secondary N) is 2. The van der Waals surface area contributed by atoms with Crippen molar-refractivity contribution in [3.05, 3.63) is 100 Å². The van der Waals surface area contributed by atoms with E-state index in [1.54, 1.807) is 0 Å². The van der Waals surface area contributed by atoms with Crippen LogP contribution in [0.15, 0.2) is 71.4 Å². The molecular formula is C29H35N7+2.